The zero-order valence-corrected chi connectivity index (χ0v) is 13.6. The molecule has 3 nitrogen and oxygen atoms in total. The minimum atomic E-state index is 0.0552. The van der Waals surface area contributed by atoms with Crippen LogP contribution in [0.1, 0.15) is 51.9 Å². The van der Waals surface area contributed by atoms with Crippen molar-refractivity contribution in [2.24, 2.45) is 0 Å². The molecule has 0 aliphatic heterocycles. The third kappa shape index (κ3) is 14.1. The molecule has 0 rings (SSSR count). The summed E-state index contributed by atoms with van der Waals surface area (Å²) in [4.78, 5) is 11.5. The Morgan fingerprint density at radius 1 is 1.06 bits per heavy atom. The fourth-order valence-electron chi connectivity index (χ4n) is 1.57. The van der Waals surface area contributed by atoms with Crippen molar-refractivity contribution in [2.45, 2.75) is 51.9 Å². The Bertz CT molecular complexity index is 214. The highest BCUT2D eigenvalue weighted by molar-refractivity contribution is 7.53. The highest BCUT2D eigenvalue weighted by atomic mass is 31.1. The Morgan fingerprint density at radius 2 is 1.67 bits per heavy atom. The molecule has 0 fully saturated rings. The maximum Gasteiger partial charge on any atom is 0.178 e. The molecular weight excluding hydrogens is 245 g/mol. The van der Waals surface area contributed by atoms with Crippen LogP contribution in [-0.2, 0) is 9.32 Å². The molecule has 0 aliphatic rings. The van der Waals surface area contributed by atoms with Gasteiger partial charge in [-0.05, 0) is 6.42 Å². The molecule has 0 aromatic heterocycles. The lowest BCUT2D eigenvalue weighted by atomic mass is 10.1. The molecule has 0 aliphatic carbocycles. The molecule has 0 radical (unpaired) electrons. The standard InChI is InChI=1S/C14H31NO2P/c1-5-6-7-8-9-10-11-14(16)18-17-13-12-15(2,3)4/h18H,5-13H2,1-4H3/q+1. The lowest BCUT2D eigenvalue weighted by Gasteiger charge is -2.23. The summed E-state index contributed by atoms with van der Waals surface area (Å²) in [6, 6.07) is 0. The van der Waals surface area contributed by atoms with Gasteiger partial charge in [-0.1, -0.05) is 39.0 Å². The van der Waals surface area contributed by atoms with E-state index in [1.54, 1.807) is 0 Å². The van der Waals surface area contributed by atoms with Gasteiger partial charge < -0.3 is 9.01 Å². The normalized spacial score (nSPS) is 12.4. The summed E-state index contributed by atoms with van der Waals surface area (Å²) in [6.07, 6.45) is 8.11. The molecular formula is C14H31NO2P+. The monoisotopic (exact) mass is 276 g/mol. The van der Waals surface area contributed by atoms with E-state index in [0.29, 0.717) is 13.0 Å². The predicted octanol–water partition coefficient (Wildman–Crippen LogP) is 3.58. The first kappa shape index (κ1) is 18.0. The zero-order valence-electron chi connectivity index (χ0n) is 12.6. The van der Waals surface area contributed by atoms with Crippen molar-refractivity contribution in [3.8, 4) is 0 Å². The van der Waals surface area contributed by atoms with Crippen LogP contribution < -0.4 is 0 Å². The average molecular weight is 276 g/mol. The van der Waals surface area contributed by atoms with Crippen LogP contribution in [0.3, 0.4) is 0 Å². The van der Waals surface area contributed by atoms with Gasteiger partial charge in [0.05, 0.1) is 30.0 Å². The third-order valence-electron chi connectivity index (χ3n) is 2.81. The number of carbonyl (C=O) groups is 1. The van der Waals surface area contributed by atoms with Crippen molar-refractivity contribution >= 4 is 14.3 Å². The summed E-state index contributed by atoms with van der Waals surface area (Å²) in [5.74, 6) is 0. The SMILES string of the molecule is CCCCCCCCC(=O)POCC[N+](C)(C)C. The zero-order chi connectivity index (χ0) is 13.9. The lowest BCUT2D eigenvalue weighted by Crippen LogP contribution is -2.37. The fraction of sp³-hybridized carbons (Fsp3) is 0.929. The first-order valence-electron chi connectivity index (χ1n) is 7.17. The van der Waals surface area contributed by atoms with Crippen LogP contribution in [-0.4, -0.2) is 44.3 Å². The smallest absolute Gasteiger partial charge is 0.178 e. The molecule has 0 saturated carbocycles. The first-order valence-corrected chi connectivity index (χ1v) is 8.07. The minimum absolute atomic E-state index is 0.0552. The van der Waals surface area contributed by atoms with Crippen molar-refractivity contribution in [3.63, 3.8) is 0 Å². The van der Waals surface area contributed by atoms with E-state index < -0.39 is 0 Å². The molecule has 1 unspecified atom stereocenters. The Balaban J connectivity index is 3.28. The van der Waals surface area contributed by atoms with Gasteiger partial charge in [0.1, 0.15) is 13.2 Å². The van der Waals surface area contributed by atoms with Crippen LogP contribution in [0.5, 0.6) is 0 Å². The molecule has 0 aromatic rings. The van der Waals surface area contributed by atoms with Crippen LogP contribution in [0.4, 0.5) is 0 Å². The van der Waals surface area contributed by atoms with E-state index in [2.05, 4.69) is 28.1 Å². The van der Waals surface area contributed by atoms with Crippen LogP contribution in [0, 0.1) is 0 Å². The molecule has 0 saturated heterocycles. The predicted molar refractivity (Wildman–Crippen MR) is 80.2 cm³/mol. The van der Waals surface area contributed by atoms with E-state index in [0.717, 1.165) is 17.4 Å². The Morgan fingerprint density at radius 3 is 2.28 bits per heavy atom. The van der Waals surface area contributed by atoms with E-state index in [-0.39, 0.29) is 14.3 Å². The Kier molecular flexibility index (Phi) is 10.9. The van der Waals surface area contributed by atoms with Gasteiger partial charge in [-0.2, -0.15) is 0 Å². The summed E-state index contributed by atoms with van der Waals surface area (Å²) >= 11 is 0. The van der Waals surface area contributed by atoms with Crippen LogP contribution in [0.25, 0.3) is 0 Å². The number of unbranched alkanes of at least 4 members (excludes halogenated alkanes) is 5. The van der Waals surface area contributed by atoms with Crippen LogP contribution in [0.15, 0.2) is 0 Å². The number of carbonyl (C=O) groups excluding carboxylic acids is 1. The van der Waals surface area contributed by atoms with Gasteiger partial charge >= 0.3 is 0 Å². The largest absolute Gasteiger partial charge is 0.349 e. The van der Waals surface area contributed by atoms with Gasteiger partial charge in [0.2, 0.25) is 0 Å². The highest BCUT2D eigenvalue weighted by Crippen LogP contribution is 2.18. The van der Waals surface area contributed by atoms with Gasteiger partial charge in [-0.15, -0.1) is 0 Å². The van der Waals surface area contributed by atoms with Gasteiger partial charge in [-0.25, -0.2) is 0 Å². The second-order valence-corrected chi connectivity index (χ2v) is 6.96. The molecule has 0 heterocycles. The number of hydrogen-bond donors (Lipinski definition) is 0. The van der Waals surface area contributed by atoms with Crippen molar-refractivity contribution in [2.75, 3.05) is 34.3 Å². The van der Waals surface area contributed by atoms with E-state index >= 15 is 0 Å². The lowest BCUT2D eigenvalue weighted by molar-refractivity contribution is -0.870. The van der Waals surface area contributed by atoms with Crippen LogP contribution >= 0.6 is 8.81 Å². The van der Waals surface area contributed by atoms with Crippen molar-refractivity contribution in [1.82, 2.24) is 0 Å². The topological polar surface area (TPSA) is 26.3 Å². The van der Waals surface area contributed by atoms with E-state index in [1.165, 1.54) is 32.1 Å². The van der Waals surface area contributed by atoms with E-state index in [9.17, 15) is 4.79 Å². The van der Waals surface area contributed by atoms with Gasteiger partial charge in [0.25, 0.3) is 0 Å². The third-order valence-corrected chi connectivity index (χ3v) is 3.63. The van der Waals surface area contributed by atoms with Gasteiger partial charge in [-0.3, -0.25) is 4.79 Å². The molecule has 0 N–H and O–H groups in total. The molecule has 108 valence electrons. The summed E-state index contributed by atoms with van der Waals surface area (Å²) in [5.41, 5.74) is 0.284. The van der Waals surface area contributed by atoms with Gasteiger partial charge in [0.15, 0.2) is 5.52 Å². The number of hydrogen-bond acceptors (Lipinski definition) is 2. The maximum atomic E-state index is 11.5. The molecule has 4 heteroatoms. The number of quaternary nitrogens is 1. The molecule has 1 atom stereocenters. The number of likely N-dealkylation sites (N-methyl/N-ethyl adjacent to an activating group) is 1. The van der Waals surface area contributed by atoms with Crippen molar-refractivity contribution in [3.05, 3.63) is 0 Å². The van der Waals surface area contributed by atoms with Crippen molar-refractivity contribution in [1.29, 1.82) is 0 Å². The van der Waals surface area contributed by atoms with E-state index in [4.69, 9.17) is 4.52 Å². The van der Waals surface area contributed by atoms with Crippen LogP contribution in [0.2, 0.25) is 0 Å². The van der Waals surface area contributed by atoms with Gasteiger partial charge in [0, 0.05) is 6.42 Å². The highest BCUT2D eigenvalue weighted by Gasteiger charge is 2.07. The minimum Gasteiger partial charge on any atom is -0.349 e. The Labute approximate surface area is 115 Å². The maximum absolute atomic E-state index is 11.5. The second-order valence-electron chi connectivity index (χ2n) is 5.91. The fourth-order valence-corrected chi connectivity index (χ4v) is 2.20. The molecule has 0 bridgehead atoms. The first-order chi connectivity index (χ1) is 8.45. The average Bonchev–Trinajstić information content (AvgIpc) is 2.28. The Hall–Kier alpha value is 0.0200. The number of rotatable bonds is 12. The summed E-state index contributed by atoms with van der Waals surface area (Å²) in [6.45, 7) is 3.86. The molecule has 0 spiro atoms. The van der Waals surface area contributed by atoms with Crippen molar-refractivity contribution < 1.29 is 13.8 Å². The second kappa shape index (κ2) is 10.9. The number of nitrogens with zero attached hydrogens (tertiary/aromatic N) is 1. The molecule has 0 amide bonds. The summed E-state index contributed by atoms with van der Waals surface area (Å²) in [7, 11) is 6.44. The summed E-state index contributed by atoms with van der Waals surface area (Å²) < 4.78 is 6.31. The molecule has 0 aromatic carbocycles. The van der Waals surface area contributed by atoms with E-state index in [1.807, 2.05) is 0 Å². The molecule has 18 heavy (non-hydrogen) atoms. The quantitative estimate of drug-likeness (QED) is 0.309. The summed E-state index contributed by atoms with van der Waals surface area (Å²) in [5, 5.41) is 0.